The summed E-state index contributed by atoms with van der Waals surface area (Å²) < 4.78 is 0. The molecule has 2 N–H and O–H groups in total. The maximum atomic E-state index is 12.1. The van der Waals surface area contributed by atoms with Crippen LogP contribution in [0.2, 0.25) is 0 Å². The van der Waals surface area contributed by atoms with Crippen molar-refractivity contribution in [2.75, 3.05) is 23.8 Å². The largest absolute Gasteiger partial charge is 0.481 e. The fourth-order valence-corrected chi connectivity index (χ4v) is 5.28. The molecule has 0 bridgehead atoms. The van der Waals surface area contributed by atoms with E-state index in [0.29, 0.717) is 18.1 Å². The highest BCUT2D eigenvalue weighted by molar-refractivity contribution is 8.06. The van der Waals surface area contributed by atoms with Crippen LogP contribution in [0.15, 0.2) is 0 Å². The summed E-state index contributed by atoms with van der Waals surface area (Å²) in [5.74, 6) is 2.35. The monoisotopic (exact) mass is 303 g/mol. The van der Waals surface area contributed by atoms with Crippen molar-refractivity contribution >= 4 is 35.4 Å². The second-order valence-corrected chi connectivity index (χ2v) is 7.77. The van der Waals surface area contributed by atoms with Crippen molar-refractivity contribution in [1.29, 1.82) is 0 Å². The third kappa shape index (κ3) is 4.60. The van der Waals surface area contributed by atoms with Gasteiger partial charge in [-0.25, -0.2) is 0 Å². The van der Waals surface area contributed by atoms with E-state index in [4.69, 9.17) is 5.11 Å². The highest BCUT2D eigenvalue weighted by Crippen LogP contribution is 2.29. The number of carbonyl (C=O) groups is 2. The standard InChI is InChI=1S/C13H21NO3S2/c15-12(14-7-11-8-18-4-5-19-11)9-2-1-3-10(6-9)13(16)17/h9-11H,1-8H2,(H,14,15)(H,16,17). The minimum atomic E-state index is -0.753. The molecule has 1 aliphatic carbocycles. The van der Waals surface area contributed by atoms with Gasteiger partial charge in [-0.1, -0.05) is 6.42 Å². The van der Waals surface area contributed by atoms with E-state index in [2.05, 4.69) is 5.32 Å². The van der Waals surface area contributed by atoms with Gasteiger partial charge in [0.25, 0.3) is 0 Å². The molecule has 2 rings (SSSR count). The molecule has 0 aromatic carbocycles. The quantitative estimate of drug-likeness (QED) is 0.829. The van der Waals surface area contributed by atoms with Gasteiger partial charge in [-0.05, 0) is 19.3 Å². The number of carboxylic acids is 1. The van der Waals surface area contributed by atoms with Crippen LogP contribution in [0.3, 0.4) is 0 Å². The lowest BCUT2D eigenvalue weighted by Crippen LogP contribution is -2.39. The number of hydrogen-bond acceptors (Lipinski definition) is 4. The number of carbonyl (C=O) groups excluding carboxylic acids is 1. The molecule has 1 saturated heterocycles. The summed E-state index contributed by atoms with van der Waals surface area (Å²) >= 11 is 3.87. The molecule has 1 amide bonds. The van der Waals surface area contributed by atoms with E-state index in [-0.39, 0.29) is 17.7 Å². The van der Waals surface area contributed by atoms with Gasteiger partial charge in [-0.15, -0.1) is 0 Å². The van der Waals surface area contributed by atoms with Crippen molar-refractivity contribution in [3.63, 3.8) is 0 Å². The van der Waals surface area contributed by atoms with Crippen LogP contribution in [0.4, 0.5) is 0 Å². The number of hydrogen-bond donors (Lipinski definition) is 2. The highest BCUT2D eigenvalue weighted by atomic mass is 32.2. The van der Waals surface area contributed by atoms with Crippen LogP contribution >= 0.6 is 23.5 Å². The third-order valence-electron chi connectivity index (χ3n) is 3.78. The summed E-state index contributed by atoms with van der Waals surface area (Å²) in [4.78, 5) is 23.1. The summed E-state index contributed by atoms with van der Waals surface area (Å²) in [6.07, 6.45) is 2.91. The number of rotatable bonds is 4. The summed E-state index contributed by atoms with van der Waals surface area (Å²) in [6, 6.07) is 0. The molecule has 1 saturated carbocycles. The smallest absolute Gasteiger partial charge is 0.306 e. The summed E-state index contributed by atoms with van der Waals surface area (Å²) in [5.41, 5.74) is 0. The molecule has 0 aromatic rings. The Bertz CT molecular complexity index is 332. The van der Waals surface area contributed by atoms with E-state index in [1.165, 1.54) is 5.75 Å². The van der Waals surface area contributed by atoms with Crippen LogP contribution in [-0.4, -0.2) is 46.0 Å². The van der Waals surface area contributed by atoms with Gasteiger partial charge in [0, 0.05) is 35.0 Å². The van der Waals surface area contributed by atoms with Gasteiger partial charge in [0.15, 0.2) is 0 Å². The zero-order valence-electron chi connectivity index (χ0n) is 11.0. The van der Waals surface area contributed by atoms with Crippen LogP contribution < -0.4 is 5.32 Å². The molecule has 108 valence electrons. The molecule has 2 fully saturated rings. The van der Waals surface area contributed by atoms with Gasteiger partial charge in [-0.2, -0.15) is 23.5 Å². The Hall–Kier alpha value is -0.360. The van der Waals surface area contributed by atoms with Gasteiger partial charge < -0.3 is 10.4 Å². The van der Waals surface area contributed by atoms with Gasteiger partial charge in [0.1, 0.15) is 0 Å². The van der Waals surface area contributed by atoms with Gasteiger partial charge in [0.2, 0.25) is 5.91 Å². The zero-order chi connectivity index (χ0) is 13.7. The van der Waals surface area contributed by atoms with Crippen LogP contribution in [0.5, 0.6) is 0 Å². The Balaban J connectivity index is 1.74. The zero-order valence-corrected chi connectivity index (χ0v) is 12.6. The minimum Gasteiger partial charge on any atom is -0.481 e. The normalized spacial score (nSPS) is 31.7. The van der Waals surface area contributed by atoms with Crippen LogP contribution in [-0.2, 0) is 9.59 Å². The fraction of sp³-hybridized carbons (Fsp3) is 0.846. The Morgan fingerprint density at radius 2 is 2.00 bits per heavy atom. The highest BCUT2D eigenvalue weighted by Gasteiger charge is 2.31. The first-order chi connectivity index (χ1) is 9.16. The van der Waals surface area contributed by atoms with Crippen molar-refractivity contribution in [3.05, 3.63) is 0 Å². The van der Waals surface area contributed by atoms with Crippen molar-refractivity contribution in [3.8, 4) is 0 Å². The number of nitrogens with one attached hydrogen (secondary N) is 1. The Morgan fingerprint density at radius 1 is 1.21 bits per heavy atom. The van der Waals surface area contributed by atoms with Crippen LogP contribution in [0, 0.1) is 11.8 Å². The lowest BCUT2D eigenvalue weighted by Gasteiger charge is -2.27. The van der Waals surface area contributed by atoms with E-state index < -0.39 is 5.97 Å². The second kappa shape index (κ2) is 7.43. The average Bonchev–Trinajstić information content (AvgIpc) is 2.46. The molecule has 0 radical (unpaired) electrons. The number of carboxylic acid groups (broad SMARTS) is 1. The van der Waals surface area contributed by atoms with Gasteiger partial charge in [-0.3, -0.25) is 9.59 Å². The molecule has 3 atom stereocenters. The molecule has 4 nitrogen and oxygen atoms in total. The maximum Gasteiger partial charge on any atom is 0.306 e. The summed E-state index contributed by atoms with van der Waals surface area (Å²) in [7, 11) is 0. The lowest BCUT2D eigenvalue weighted by molar-refractivity contribution is -0.144. The van der Waals surface area contributed by atoms with Crippen LogP contribution in [0.1, 0.15) is 25.7 Å². The Labute approximate surface area is 122 Å². The molecule has 1 aliphatic heterocycles. The van der Waals surface area contributed by atoms with E-state index in [0.717, 1.165) is 30.9 Å². The predicted molar refractivity (Wildman–Crippen MR) is 79.7 cm³/mol. The molecule has 19 heavy (non-hydrogen) atoms. The number of thioether (sulfide) groups is 2. The van der Waals surface area contributed by atoms with Gasteiger partial charge >= 0.3 is 5.97 Å². The van der Waals surface area contributed by atoms with Gasteiger partial charge in [0.05, 0.1) is 5.92 Å². The van der Waals surface area contributed by atoms with E-state index in [1.54, 1.807) is 0 Å². The molecular formula is C13H21NO3S2. The molecule has 2 aliphatic rings. The first kappa shape index (κ1) is 15.0. The predicted octanol–water partition coefficient (Wildman–Crippen LogP) is 1.84. The van der Waals surface area contributed by atoms with Crippen molar-refractivity contribution < 1.29 is 14.7 Å². The molecular weight excluding hydrogens is 282 g/mol. The van der Waals surface area contributed by atoms with E-state index >= 15 is 0 Å². The molecule has 1 heterocycles. The number of amides is 1. The average molecular weight is 303 g/mol. The molecule has 6 heteroatoms. The fourth-order valence-electron chi connectivity index (χ4n) is 2.67. The second-order valence-electron chi connectivity index (χ2n) is 5.21. The molecule has 0 aromatic heterocycles. The minimum absolute atomic E-state index is 0.0575. The first-order valence-electron chi connectivity index (χ1n) is 6.86. The summed E-state index contributed by atoms with van der Waals surface area (Å²) in [5, 5.41) is 12.6. The van der Waals surface area contributed by atoms with Crippen molar-refractivity contribution in [2.45, 2.75) is 30.9 Å². The first-order valence-corrected chi connectivity index (χ1v) is 9.07. The Kier molecular flexibility index (Phi) is 5.88. The SMILES string of the molecule is O=C(O)C1CCCC(C(=O)NCC2CSCCS2)C1. The Morgan fingerprint density at radius 3 is 2.68 bits per heavy atom. The van der Waals surface area contributed by atoms with Crippen LogP contribution in [0.25, 0.3) is 0 Å². The topological polar surface area (TPSA) is 66.4 Å². The third-order valence-corrected chi connectivity index (χ3v) is 6.63. The van der Waals surface area contributed by atoms with E-state index in [9.17, 15) is 9.59 Å². The maximum absolute atomic E-state index is 12.1. The molecule has 0 spiro atoms. The molecule has 3 unspecified atom stereocenters. The van der Waals surface area contributed by atoms with Crippen molar-refractivity contribution in [1.82, 2.24) is 5.32 Å². The summed E-state index contributed by atoms with van der Waals surface area (Å²) in [6.45, 7) is 0.727. The van der Waals surface area contributed by atoms with Crippen molar-refractivity contribution in [2.24, 2.45) is 11.8 Å². The lowest BCUT2D eigenvalue weighted by atomic mass is 9.81. The van der Waals surface area contributed by atoms with E-state index in [1.807, 2.05) is 23.5 Å². The number of aliphatic carboxylic acids is 1.